The number of cyclic esters (lactones) is 1. The molecule has 0 amide bonds. The van der Waals surface area contributed by atoms with Gasteiger partial charge in [0.1, 0.15) is 5.56 Å². The average molecular weight is 421 g/mol. The molecule has 0 N–H and O–H groups in total. The van der Waals surface area contributed by atoms with Gasteiger partial charge in [-0.25, -0.2) is 22.2 Å². The standard InChI is InChI=1S/C21H15N3O5S/c1-28-20-18-15(7-10-23-20)19(29-21(18)25)17-11-13-12-22-9-8-16(13)24(17)30(26,27)14-5-3-2-4-6-14/h2-12,19H,1H3. The number of hydrogen-bond donors (Lipinski definition) is 0. The van der Waals surface area contributed by atoms with Crippen molar-refractivity contribution in [2.45, 2.75) is 11.0 Å². The van der Waals surface area contributed by atoms with Crippen molar-refractivity contribution in [2.24, 2.45) is 0 Å². The largest absolute Gasteiger partial charge is 0.480 e. The van der Waals surface area contributed by atoms with Crippen molar-refractivity contribution in [3.05, 3.63) is 83.9 Å². The molecule has 4 aromatic rings. The third-order valence-corrected chi connectivity index (χ3v) is 6.74. The summed E-state index contributed by atoms with van der Waals surface area (Å²) < 4.78 is 39.1. The minimum absolute atomic E-state index is 0.123. The Morgan fingerprint density at radius 3 is 2.67 bits per heavy atom. The zero-order valence-corrected chi connectivity index (χ0v) is 16.5. The molecule has 8 nitrogen and oxygen atoms in total. The maximum absolute atomic E-state index is 13.6. The van der Waals surface area contributed by atoms with Gasteiger partial charge in [-0.3, -0.25) is 4.98 Å². The molecule has 0 saturated carbocycles. The molecule has 0 aliphatic carbocycles. The van der Waals surface area contributed by atoms with E-state index in [0.717, 1.165) is 0 Å². The van der Waals surface area contributed by atoms with Crippen LogP contribution in [-0.2, 0) is 14.8 Å². The summed E-state index contributed by atoms with van der Waals surface area (Å²) in [5.41, 5.74) is 1.42. The monoisotopic (exact) mass is 421 g/mol. The van der Waals surface area contributed by atoms with Gasteiger partial charge < -0.3 is 9.47 Å². The quantitative estimate of drug-likeness (QED) is 0.467. The van der Waals surface area contributed by atoms with E-state index < -0.39 is 22.1 Å². The highest BCUT2D eigenvalue weighted by Gasteiger charge is 2.39. The Bertz CT molecular complexity index is 1400. The summed E-state index contributed by atoms with van der Waals surface area (Å²) in [7, 11) is -2.57. The van der Waals surface area contributed by atoms with Crippen LogP contribution in [0.2, 0.25) is 0 Å². The lowest BCUT2D eigenvalue weighted by Crippen LogP contribution is -2.18. The first-order valence-corrected chi connectivity index (χ1v) is 10.5. The second-order valence-electron chi connectivity index (χ2n) is 6.66. The zero-order chi connectivity index (χ0) is 20.9. The summed E-state index contributed by atoms with van der Waals surface area (Å²) in [5, 5.41) is 0.609. The van der Waals surface area contributed by atoms with Crippen LogP contribution in [0, 0.1) is 0 Å². The van der Waals surface area contributed by atoms with E-state index in [0.29, 0.717) is 22.2 Å². The Kier molecular flexibility index (Phi) is 4.07. The smallest absolute Gasteiger partial charge is 0.345 e. The maximum atomic E-state index is 13.6. The average Bonchev–Trinajstić information content (AvgIpc) is 3.32. The number of pyridine rings is 2. The third kappa shape index (κ3) is 2.59. The van der Waals surface area contributed by atoms with Gasteiger partial charge in [-0.05, 0) is 30.3 Å². The molecule has 30 heavy (non-hydrogen) atoms. The van der Waals surface area contributed by atoms with E-state index in [1.54, 1.807) is 42.6 Å². The minimum Gasteiger partial charge on any atom is -0.480 e. The van der Waals surface area contributed by atoms with Crippen LogP contribution in [-0.4, -0.2) is 35.4 Å². The molecular weight excluding hydrogens is 406 g/mol. The fourth-order valence-electron chi connectivity index (χ4n) is 3.69. The van der Waals surface area contributed by atoms with Crippen LogP contribution >= 0.6 is 0 Å². The summed E-state index contributed by atoms with van der Waals surface area (Å²) in [6.45, 7) is 0. The number of carbonyl (C=O) groups excluding carboxylic acids is 1. The molecule has 1 unspecified atom stereocenters. The molecule has 0 saturated heterocycles. The molecule has 150 valence electrons. The van der Waals surface area contributed by atoms with Crippen LogP contribution < -0.4 is 4.74 Å². The van der Waals surface area contributed by atoms with Gasteiger partial charge in [-0.15, -0.1) is 0 Å². The Morgan fingerprint density at radius 2 is 1.90 bits per heavy atom. The number of rotatable bonds is 4. The van der Waals surface area contributed by atoms with Gasteiger partial charge >= 0.3 is 5.97 Å². The van der Waals surface area contributed by atoms with E-state index >= 15 is 0 Å². The number of esters is 1. The van der Waals surface area contributed by atoms with Crippen molar-refractivity contribution in [2.75, 3.05) is 7.11 Å². The highest BCUT2D eigenvalue weighted by molar-refractivity contribution is 7.90. The van der Waals surface area contributed by atoms with Crippen molar-refractivity contribution in [1.29, 1.82) is 0 Å². The molecule has 4 heterocycles. The SMILES string of the molecule is COc1nccc2c1C(=O)OC2c1cc2cnccc2n1S(=O)(=O)c1ccccc1. The minimum atomic E-state index is -3.98. The van der Waals surface area contributed by atoms with Crippen LogP contribution in [0.5, 0.6) is 5.88 Å². The van der Waals surface area contributed by atoms with Gasteiger partial charge in [0.2, 0.25) is 5.88 Å². The number of aromatic nitrogens is 3. The summed E-state index contributed by atoms with van der Waals surface area (Å²) in [4.78, 5) is 20.8. The van der Waals surface area contributed by atoms with Gasteiger partial charge in [-0.1, -0.05) is 18.2 Å². The van der Waals surface area contributed by atoms with Crippen LogP contribution in [0.1, 0.15) is 27.7 Å². The van der Waals surface area contributed by atoms with Gasteiger partial charge in [-0.2, -0.15) is 0 Å². The molecule has 1 aromatic carbocycles. The molecule has 0 fully saturated rings. The molecule has 1 aliphatic heterocycles. The van der Waals surface area contributed by atoms with Crippen LogP contribution in [0.3, 0.4) is 0 Å². The second kappa shape index (κ2) is 6.67. The highest BCUT2D eigenvalue weighted by atomic mass is 32.2. The van der Waals surface area contributed by atoms with E-state index in [9.17, 15) is 13.2 Å². The van der Waals surface area contributed by atoms with E-state index in [1.807, 2.05) is 0 Å². The van der Waals surface area contributed by atoms with Crippen molar-refractivity contribution in [3.8, 4) is 5.88 Å². The van der Waals surface area contributed by atoms with E-state index in [4.69, 9.17) is 9.47 Å². The lowest BCUT2D eigenvalue weighted by atomic mass is 10.1. The Balaban J connectivity index is 1.80. The van der Waals surface area contributed by atoms with Gasteiger partial charge in [0, 0.05) is 29.5 Å². The Labute approximate surface area is 171 Å². The van der Waals surface area contributed by atoms with Crippen molar-refractivity contribution >= 4 is 26.9 Å². The second-order valence-corrected chi connectivity index (χ2v) is 8.44. The number of benzene rings is 1. The molecule has 1 atom stereocenters. The lowest BCUT2D eigenvalue weighted by molar-refractivity contribution is 0.0446. The molecule has 0 spiro atoms. The van der Waals surface area contributed by atoms with Crippen LogP contribution in [0.15, 0.2) is 72.0 Å². The fourth-order valence-corrected chi connectivity index (χ4v) is 5.25. The summed E-state index contributed by atoms with van der Waals surface area (Å²) >= 11 is 0. The lowest BCUT2D eigenvalue weighted by Gasteiger charge is -2.16. The van der Waals surface area contributed by atoms with Gasteiger partial charge in [0.25, 0.3) is 10.0 Å². The normalized spacial score (nSPS) is 15.8. The zero-order valence-electron chi connectivity index (χ0n) is 15.7. The maximum Gasteiger partial charge on any atom is 0.345 e. The third-order valence-electron chi connectivity index (χ3n) is 4.99. The molecule has 0 radical (unpaired) electrons. The number of carbonyl (C=O) groups is 1. The Hall–Kier alpha value is -3.72. The molecule has 5 rings (SSSR count). The Morgan fingerprint density at radius 1 is 1.10 bits per heavy atom. The van der Waals surface area contributed by atoms with Crippen molar-refractivity contribution < 1.29 is 22.7 Å². The molecule has 3 aromatic heterocycles. The summed E-state index contributed by atoms with van der Waals surface area (Å²) in [6, 6.07) is 13.0. The first-order chi connectivity index (χ1) is 14.5. The highest BCUT2D eigenvalue weighted by Crippen LogP contribution is 2.41. The topological polar surface area (TPSA) is 100 Å². The molecule has 1 aliphatic rings. The first kappa shape index (κ1) is 18.3. The van der Waals surface area contributed by atoms with Gasteiger partial charge in [0.15, 0.2) is 6.10 Å². The van der Waals surface area contributed by atoms with Crippen LogP contribution in [0.25, 0.3) is 10.9 Å². The van der Waals surface area contributed by atoms with Crippen molar-refractivity contribution in [1.82, 2.24) is 13.9 Å². The predicted octanol–water partition coefficient (Wildman–Crippen LogP) is 2.94. The van der Waals surface area contributed by atoms with Crippen molar-refractivity contribution in [3.63, 3.8) is 0 Å². The van der Waals surface area contributed by atoms with E-state index in [1.165, 1.54) is 35.6 Å². The number of methoxy groups -OCH3 is 1. The number of ether oxygens (including phenoxy) is 2. The number of hydrogen-bond acceptors (Lipinski definition) is 7. The first-order valence-electron chi connectivity index (χ1n) is 9.02. The van der Waals surface area contributed by atoms with Crippen LogP contribution in [0.4, 0.5) is 0 Å². The number of fused-ring (bicyclic) bond motifs is 2. The van der Waals surface area contributed by atoms with Gasteiger partial charge in [0.05, 0.1) is 23.2 Å². The molecular formula is C21H15N3O5S. The predicted molar refractivity (Wildman–Crippen MR) is 107 cm³/mol. The fraction of sp³-hybridized carbons (Fsp3) is 0.0952. The van der Waals surface area contributed by atoms with E-state index in [2.05, 4.69) is 9.97 Å². The molecule has 0 bridgehead atoms. The summed E-state index contributed by atoms with van der Waals surface area (Å²) in [6.07, 6.45) is 3.65. The van der Waals surface area contributed by atoms with E-state index in [-0.39, 0.29) is 16.3 Å². The summed E-state index contributed by atoms with van der Waals surface area (Å²) in [5.74, 6) is -0.484. The molecule has 9 heteroatoms. The number of nitrogens with zero attached hydrogens (tertiary/aromatic N) is 3.